The van der Waals surface area contributed by atoms with Gasteiger partial charge in [-0.2, -0.15) is 11.8 Å². The Labute approximate surface area is 91.0 Å². The summed E-state index contributed by atoms with van der Waals surface area (Å²) in [5.74, 6) is 1.58. The summed E-state index contributed by atoms with van der Waals surface area (Å²) in [6.45, 7) is 0. The molecule has 13 heavy (non-hydrogen) atoms. The highest BCUT2D eigenvalue weighted by molar-refractivity contribution is 7.98. The van der Waals surface area contributed by atoms with Crippen molar-refractivity contribution in [2.75, 3.05) is 5.75 Å². The van der Waals surface area contributed by atoms with Gasteiger partial charge in [0.1, 0.15) is 0 Å². The van der Waals surface area contributed by atoms with Crippen LogP contribution < -0.4 is 0 Å². The number of benzene rings is 1. The molecular formula is C9H8Cl2OS. The summed E-state index contributed by atoms with van der Waals surface area (Å²) in [5, 5.41) is 10.8. The summed E-state index contributed by atoms with van der Waals surface area (Å²) < 4.78 is 0. The Morgan fingerprint density at radius 2 is 2.15 bits per heavy atom. The average Bonchev–Trinajstić information content (AvgIpc) is 2.12. The molecule has 0 radical (unpaired) electrons. The van der Waals surface area contributed by atoms with Crippen LogP contribution in [0.4, 0.5) is 0 Å². The molecule has 1 aliphatic heterocycles. The van der Waals surface area contributed by atoms with Crippen molar-refractivity contribution in [1.82, 2.24) is 0 Å². The molecule has 0 saturated heterocycles. The molecular weight excluding hydrogens is 227 g/mol. The third-order valence-electron chi connectivity index (χ3n) is 2.11. The zero-order valence-electron chi connectivity index (χ0n) is 6.76. The van der Waals surface area contributed by atoms with E-state index in [1.165, 1.54) is 0 Å². The van der Waals surface area contributed by atoms with Crippen molar-refractivity contribution in [3.63, 3.8) is 0 Å². The number of halogens is 2. The smallest absolute Gasteiger partial charge is 0.0884 e. The molecule has 1 N–H and O–H groups in total. The molecule has 1 nitrogen and oxygen atoms in total. The van der Waals surface area contributed by atoms with E-state index in [0.29, 0.717) is 10.0 Å². The zero-order valence-corrected chi connectivity index (χ0v) is 9.09. The van der Waals surface area contributed by atoms with E-state index in [-0.39, 0.29) is 0 Å². The second-order valence-electron chi connectivity index (χ2n) is 2.96. The van der Waals surface area contributed by atoms with Gasteiger partial charge in [-0.05, 0) is 17.2 Å². The van der Waals surface area contributed by atoms with Crippen LogP contribution in [0.25, 0.3) is 0 Å². The third-order valence-corrected chi connectivity index (χ3v) is 4.00. The fraction of sp³-hybridized carbons (Fsp3) is 0.333. The van der Waals surface area contributed by atoms with E-state index in [1.807, 2.05) is 6.07 Å². The van der Waals surface area contributed by atoms with Gasteiger partial charge in [0.25, 0.3) is 0 Å². The first-order valence-corrected chi connectivity index (χ1v) is 5.84. The molecule has 2 rings (SSSR count). The van der Waals surface area contributed by atoms with Crippen molar-refractivity contribution in [2.24, 2.45) is 0 Å². The van der Waals surface area contributed by atoms with E-state index in [1.54, 1.807) is 17.8 Å². The lowest BCUT2D eigenvalue weighted by Gasteiger charge is -2.22. The van der Waals surface area contributed by atoms with Gasteiger partial charge in [0.2, 0.25) is 0 Å². The molecule has 0 spiro atoms. The Bertz CT molecular complexity index is 341. The fourth-order valence-electron chi connectivity index (χ4n) is 1.43. The van der Waals surface area contributed by atoms with Crippen molar-refractivity contribution in [2.45, 2.75) is 11.9 Å². The van der Waals surface area contributed by atoms with Gasteiger partial charge in [-0.15, -0.1) is 0 Å². The van der Waals surface area contributed by atoms with Gasteiger partial charge in [-0.25, -0.2) is 0 Å². The van der Waals surface area contributed by atoms with Crippen LogP contribution in [0.1, 0.15) is 17.2 Å². The van der Waals surface area contributed by atoms with Crippen molar-refractivity contribution >= 4 is 35.0 Å². The standard InChI is InChI=1S/C9H8Cl2OS/c10-7-2-1-5-6(9(7)11)3-13-4-8(5)12/h1-2,8,12H,3-4H2/t8-/m1/s1. The molecule has 1 aliphatic rings. The van der Waals surface area contributed by atoms with Crippen LogP contribution in [0, 0.1) is 0 Å². The van der Waals surface area contributed by atoms with Crippen LogP contribution in [0.15, 0.2) is 12.1 Å². The minimum atomic E-state index is -0.400. The van der Waals surface area contributed by atoms with Gasteiger partial charge >= 0.3 is 0 Å². The number of aliphatic hydroxyl groups excluding tert-OH is 1. The Hall–Kier alpha value is 0.110. The molecule has 4 heteroatoms. The summed E-state index contributed by atoms with van der Waals surface area (Å²) in [7, 11) is 0. The number of thioether (sulfide) groups is 1. The first-order valence-electron chi connectivity index (χ1n) is 3.92. The molecule has 0 amide bonds. The molecule has 0 unspecified atom stereocenters. The first-order chi connectivity index (χ1) is 6.20. The maximum Gasteiger partial charge on any atom is 0.0884 e. The molecule has 0 bridgehead atoms. The molecule has 0 saturated carbocycles. The lowest BCUT2D eigenvalue weighted by molar-refractivity contribution is 0.202. The van der Waals surface area contributed by atoms with E-state index in [0.717, 1.165) is 22.6 Å². The maximum atomic E-state index is 9.65. The van der Waals surface area contributed by atoms with Gasteiger partial charge in [0.05, 0.1) is 16.1 Å². The summed E-state index contributed by atoms with van der Waals surface area (Å²) in [6, 6.07) is 3.59. The van der Waals surface area contributed by atoms with Crippen molar-refractivity contribution in [3.05, 3.63) is 33.3 Å². The molecule has 70 valence electrons. The summed E-state index contributed by atoms with van der Waals surface area (Å²) in [6.07, 6.45) is -0.400. The molecule has 0 fully saturated rings. The number of hydrogen-bond acceptors (Lipinski definition) is 2. The number of rotatable bonds is 0. The van der Waals surface area contributed by atoms with Crippen LogP contribution in [0.3, 0.4) is 0 Å². The summed E-state index contributed by atoms with van der Waals surface area (Å²) >= 11 is 13.6. The first kappa shape index (κ1) is 9.66. The van der Waals surface area contributed by atoms with Crippen LogP contribution in [0.2, 0.25) is 10.0 Å². The monoisotopic (exact) mass is 234 g/mol. The SMILES string of the molecule is O[C@@H]1CSCc2c1ccc(Cl)c2Cl. The highest BCUT2D eigenvalue weighted by atomic mass is 35.5. The quantitative estimate of drug-likeness (QED) is 0.744. The van der Waals surface area contributed by atoms with Crippen molar-refractivity contribution in [3.8, 4) is 0 Å². The van der Waals surface area contributed by atoms with Gasteiger partial charge in [-0.1, -0.05) is 29.3 Å². The summed E-state index contributed by atoms with van der Waals surface area (Å²) in [4.78, 5) is 0. The van der Waals surface area contributed by atoms with Gasteiger partial charge in [-0.3, -0.25) is 0 Å². The average molecular weight is 235 g/mol. The predicted octanol–water partition coefficient (Wildman–Crippen LogP) is 3.27. The second-order valence-corrected chi connectivity index (χ2v) is 4.78. The topological polar surface area (TPSA) is 20.2 Å². The molecule has 0 aromatic heterocycles. The lowest BCUT2D eigenvalue weighted by atomic mass is 10.0. The van der Waals surface area contributed by atoms with E-state index in [2.05, 4.69) is 0 Å². The van der Waals surface area contributed by atoms with Gasteiger partial charge in [0.15, 0.2) is 0 Å². The highest BCUT2D eigenvalue weighted by Gasteiger charge is 2.21. The number of hydrogen-bond donors (Lipinski definition) is 1. The molecule has 0 aliphatic carbocycles. The highest BCUT2D eigenvalue weighted by Crippen LogP contribution is 2.38. The number of fused-ring (bicyclic) bond motifs is 1. The Balaban J connectivity index is 2.56. The lowest BCUT2D eigenvalue weighted by Crippen LogP contribution is -2.10. The van der Waals surface area contributed by atoms with Crippen LogP contribution in [0.5, 0.6) is 0 Å². The predicted molar refractivity (Wildman–Crippen MR) is 57.6 cm³/mol. The van der Waals surface area contributed by atoms with Crippen LogP contribution in [-0.4, -0.2) is 10.9 Å². The Morgan fingerprint density at radius 1 is 1.38 bits per heavy atom. The van der Waals surface area contributed by atoms with E-state index < -0.39 is 6.10 Å². The van der Waals surface area contributed by atoms with Crippen LogP contribution in [-0.2, 0) is 5.75 Å². The fourth-order valence-corrected chi connectivity index (χ4v) is 2.96. The van der Waals surface area contributed by atoms with E-state index in [9.17, 15) is 5.11 Å². The van der Waals surface area contributed by atoms with E-state index in [4.69, 9.17) is 23.2 Å². The van der Waals surface area contributed by atoms with Gasteiger partial charge < -0.3 is 5.11 Å². The second kappa shape index (κ2) is 3.70. The van der Waals surface area contributed by atoms with Crippen molar-refractivity contribution < 1.29 is 5.11 Å². The van der Waals surface area contributed by atoms with Crippen molar-refractivity contribution in [1.29, 1.82) is 0 Å². The minimum Gasteiger partial charge on any atom is -0.388 e. The van der Waals surface area contributed by atoms with Gasteiger partial charge in [0, 0.05) is 11.5 Å². The Morgan fingerprint density at radius 3 is 2.92 bits per heavy atom. The molecule has 1 heterocycles. The normalized spacial score (nSPS) is 21.3. The zero-order chi connectivity index (χ0) is 9.42. The molecule has 1 atom stereocenters. The maximum absolute atomic E-state index is 9.65. The molecule has 1 aromatic rings. The summed E-state index contributed by atoms with van der Waals surface area (Å²) in [5.41, 5.74) is 1.91. The van der Waals surface area contributed by atoms with E-state index >= 15 is 0 Å². The van der Waals surface area contributed by atoms with Crippen LogP contribution >= 0.6 is 35.0 Å². The Kier molecular flexibility index (Phi) is 2.75. The number of aliphatic hydroxyl groups is 1. The molecule has 1 aromatic carbocycles. The third kappa shape index (κ3) is 1.68. The largest absolute Gasteiger partial charge is 0.388 e. The minimum absolute atomic E-state index is 0.400.